The molecule has 1 aliphatic heterocycles. The molecule has 7 nitrogen and oxygen atoms in total. The van der Waals surface area contributed by atoms with E-state index in [0.717, 1.165) is 16.7 Å². The second-order valence-electron chi connectivity index (χ2n) is 4.96. The summed E-state index contributed by atoms with van der Waals surface area (Å²) in [5, 5.41) is 21.9. The molecule has 0 unspecified atom stereocenters. The third-order valence-electron chi connectivity index (χ3n) is 3.26. The van der Waals surface area contributed by atoms with Crippen LogP contribution in [0.2, 0.25) is 0 Å². The van der Waals surface area contributed by atoms with Gasteiger partial charge in [-0.15, -0.1) is 0 Å². The number of hydrogen-bond acceptors (Lipinski definition) is 8. The fourth-order valence-corrected chi connectivity index (χ4v) is 3.52. The molecule has 1 aromatic rings. The predicted octanol–water partition coefficient (Wildman–Crippen LogP) is -0.455. The molecule has 9 heteroatoms. The van der Waals surface area contributed by atoms with Crippen molar-refractivity contribution in [2.24, 2.45) is 0 Å². The number of benzene rings is 1. The van der Waals surface area contributed by atoms with Crippen LogP contribution in [0, 0.1) is 0 Å². The summed E-state index contributed by atoms with van der Waals surface area (Å²) in [6.45, 7) is 2.39. The van der Waals surface area contributed by atoms with Crippen molar-refractivity contribution in [1.82, 2.24) is 4.90 Å². The summed E-state index contributed by atoms with van der Waals surface area (Å²) in [6.07, 6.45) is 0.644. The number of ether oxygens (including phenoxy) is 1. The molecule has 0 radical (unpaired) electrons. The number of thioether (sulfide) groups is 1. The molecule has 0 bridgehead atoms. The zero-order chi connectivity index (χ0) is 18.6. The summed E-state index contributed by atoms with van der Waals surface area (Å²) < 4.78 is 5.28. The highest BCUT2D eigenvalue weighted by Gasteiger charge is 2.37. The van der Waals surface area contributed by atoms with Gasteiger partial charge in [-0.1, -0.05) is 36.1 Å². The van der Waals surface area contributed by atoms with E-state index < -0.39 is 30.3 Å². The molecule has 2 rings (SSSR count). The molecule has 1 saturated heterocycles. The van der Waals surface area contributed by atoms with Gasteiger partial charge in [0.1, 0.15) is 10.1 Å². The Balaban J connectivity index is 2.24. The molecule has 1 aliphatic rings. The highest BCUT2D eigenvalue weighted by atomic mass is 32.2. The first-order valence-electron chi connectivity index (χ1n) is 7.24. The number of carboxylic acids is 2. The molecule has 1 fully saturated rings. The maximum atomic E-state index is 12.4. The molecule has 1 amide bonds. The van der Waals surface area contributed by atoms with Crippen LogP contribution in [0.25, 0.3) is 6.08 Å². The number of aliphatic carboxylic acids is 2. The Hall–Kier alpha value is -2.39. The van der Waals surface area contributed by atoms with Crippen LogP contribution in [0.4, 0.5) is 0 Å². The lowest BCUT2D eigenvalue weighted by molar-refractivity contribution is -0.319. The number of amides is 1. The lowest BCUT2D eigenvalue weighted by atomic mass is 10.1. The predicted molar refractivity (Wildman–Crippen MR) is 91.0 cm³/mol. The van der Waals surface area contributed by atoms with E-state index in [2.05, 4.69) is 0 Å². The van der Waals surface area contributed by atoms with Crippen molar-refractivity contribution in [3.05, 3.63) is 34.7 Å². The van der Waals surface area contributed by atoms with Gasteiger partial charge in [-0.3, -0.25) is 9.69 Å². The molecule has 0 aliphatic carbocycles. The van der Waals surface area contributed by atoms with E-state index in [1.807, 2.05) is 6.92 Å². The molecule has 1 aromatic carbocycles. The van der Waals surface area contributed by atoms with Crippen molar-refractivity contribution in [3.63, 3.8) is 0 Å². The summed E-state index contributed by atoms with van der Waals surface area (Å²) in [4.78, 5) is 35.3. The fraction of sp³-hybridized carbons (Fsp3) is 0.250. The van der Waals surface area contributed by atoms with Crippen LogP contribution in [0.15, 0.2) is 29.2 Å². The zero-order valence-electron chi connectivity index (χ0n) is 13.1. The molecule has 25 heavy (non-hydrogen) atoms. The van der Waals surface area contributed by atoms with E-state index in [1.165, 1.54) is 0 Å². The standard InChI is InChI=1S/C16H15NO6S2/c1-2-23-10-5-3-9(4-6-10)7-12-14(20)17(16(24)25-12)11(15(21)22)8-13(18)19/h3-7,11H,2,8H2,1H3,(H,18,19)(H,21,22)/p-2/b12-7-/t11-/m0/s1. The molecule has 1 heterocycles. The van der Waals surface area contributed by atoms with E-state index in [4.69, 9.17) is 17.0 Å². The Bertz CT molecular complexity index is 743. The van der Waals surface area contributed by atoms with Gasteiger partial charge in [0.05, 0.1) is 23.5 Å². The van der Waals surface area contributed by atoms with Crippen LogP contribution >= 0.6 is 24.0 Å². The number of carbonyl (C=O) groups is 3. The van der Waals surface area contributed by atoms with Gasteiger partial charge < -0.3 is 24.5 Å². The Kier molecular flexibility index (Phi) is 6.16. The van der Waals surface area contributed by atoms with E-state index in [-0.39, 0.29) is 9.23 Å². The molecule has 1 atom stereocenters. The zero-order valence-corrected chi connectivity index (χ0v) is 14.7. The molecule has 0 aromatic heterocycles. The number of carboxylic acid groups (broad SMARTS) is 2. The van der Waals surface area contributed by atoms with Crippen molar-refractivity contribution in [2.45, 2.75) is 19.4 Å². The van der Waals surface area contributed by atoms with Crippen molar-refractivity contribution in [1.29, 1.82) is 0 Å². The normalized spacial score (nSPS) is 17.0. The van der Waals surface area contributed by atoms with Gasteiger partial charge in [0, 0.05) is 12.4 Å². The van der Waals surface area contributed by atoms with Crippen molar-refractivity contribution in [3.8, 4) is 5.75 Å². The third kappa shape index (κ3) is 4.58. The smallest absolute Gasteiger partial charge is 0.266 e. The second-order valence-corrected chi connectivity index (χ2v) is 6.64. The number of hydrogen-bond donors (Lipinski definition) is 0. The fourth-order valence-electron chi connectivity index (χ4n) is 2.16. The summed E-state index contributed by atoms with van der Waals surface area (Å²) in [6, 6.07) is 5.22. The molecular weight excluding hydrogens is 366 g/mol. The van der Waals surface area contributed by atoms with Gasteiger partial charge in [0.2, 0.25) is 0 Å². The molecule has 132 valence electrons. The minimum absolute atomic E-state index is 0.0439. The first-order chi connectivity index (χ1) is 11.8. The van der Waals surface area contributed by atoms with Gasteiger partial charge >= 0.3 is 0 Å². The average molecular weight is 379 g/mol. The number of thiocarbonyl (C=S) groups is 1. The number of nitrogens with zero attached hydrogens (tertiary/aromatic N) is 1. The number of rotatable bonds is 7. The van der Waals surface area contributed by atoms with Crippen LogP contribution < -0.4 is 14.9 Å². The minimum atomic E-state index is -1.71. The third-order valence-corrected chi connectivity index (χ3v) is 4.59. The summed E-state index contributed by atoms with van der Waals surface area (Å²) in [5.74, 6) is -3.32. The Labute approximate surface area is 153 Å². The molecule has 0 N–H and O–H groups in total. The molecule has 0 spiro atoms. The summed E-state index contributed by atoms with van der Waals surface area (Å²) >= 11 is 5.91. The van der Waals surface area contributed by atoms with Crippen LogP contribution in [-0.4, -0.2) is 39.7 Å². The van der Waals surface area contributed by atoms with Crippen LogP contribution in [0.5, 0.6) is 5.75 Å². The van der Waals surface area contributed by atoms with Gasteiger partial charge in [-0.2, -0.15) is 0 Å². The number of carbonyl (C=O) groups excluding carboxylic acids is 3. The van der Waals surface area contributed by atoms with Crippen molar-refractivity contribution in [2.75, 3.05) is 6.61 Å². The van der Waals surface area contributed by atoms with Crippen LogP contribution in [0.1, 0.15) is 18.9 Å². The quantitative estimate of drug-likeness (QED) is 0.463. The van der Waals surface area contributed by atoms with E-state index >= 15 is 0 Å². The van der Waals surface area contributed by atoms with E-state index in [0.29, 0.717) is 17.9 Å². The van der Waals surface area contributed by atoms with Crippen LogP contribution in [0.3, 0.4) is 0 Å². The molecule has 0 saturated carbocycles. The highest BCUT2D eigenvalue weighted by Crippen LogP contribution is 2.34. The lowest BCUT2D eigenvalue weighted by Crippen LogP contribution is -2.52. The van der Waals surface area contributed by atoms with E-state index in [1.54, 1.807) is 30.3 Å². The maximum absolute atomic E-state index is 12.4. The molecular formula is C16H13NO6S2-2. The van der Waals surface area contributed by atoms with E-state index in [9.17, 15) is 24.6 Å². The maximum Gasteiger partial charge on any atom is 0.266 e. The summed E-state index contributed by atoms with van der Waals surface area (Å²) in [7, 11) is 0. The Morgan fingerprint density at radius 2 is 1.96 bits per heavy atom. The first kappa shape index (κ1) is 18.9. The minimum Gasteiger partial charge on any atom is -0.550 e. The van der Waals surface area contributed by atoms with Gasteiger partial charge in [0.15, 0.2) is 0 Å². The van der Waals surface area contributed by atoms with Crippen molar-refractivity contribution >= 4 is 52.2 Å². The Morgan fingerprint density at radius 1 is 1.32 bits per heavy atom. The first-order valence-corrected chi connectivity index (χ1v) is 8.46. The average Bonchev–Trinajstić information content (AvgIpc) is 2.81. The van der Waals surface area contributed by atoms with Gasteiger partial charge in [-0.25, -0.2) is 0 Å². The van der Waals surface area contributed by atoms with Crippen LogP contribution in [-0.2, 0) is 14.4 Å². The topological polar surface area (TPSA) is 110 Å². The largest absolute Gasteiger partial charge is 0.550 e. The monoisotopic (exact) mass is 379 g/mol. The summed E-state index contributed by atoms with van der Waals surface area (Å²) in [5.41, 5.74) is 0.689. The van der Waals surface area contributed by atoms with Gasteiger partial charge in [-0.05, 0) is 30.7 Å². The Morgan fingerprint density at radius 3 is 2.48 bits per heavy atom. The van der Waals surface area contributed by atoms with Crippen molar-refractivity contribution < 1.29 is 29.3 Å². The highest BCUT2D eigenvalue weighted by molar-refractivity contribution is 8.26. The lowest BCUT2D eigenvalue weighted by Gasteiger charge is -2.27. The van der Waals surface area contributed by atoms with Gasteiger partial charge in [0.25, 0.3) is 5.91 Å². The SMILES string of the molecule is CCOc1ccc(/C=C2\SC(=S)N([C@@H](CC(=O)[O-])C(=O)[O-])C2=O)cc1. The second kappa shape index (κ2) is 8.13.